The van der Waals surface area contributed by atoms with Crippen molar-refractivity contribution >= 4 is 5.82 Å². The van der Waals surface area contributed by atoms with Crippen molar-refractivity contribution < 1.29 is 5.11 Å². The van der Waals surface area contributed by atoms with Crippen molar-refractivity contribution in [2.24, 2.45) is 5.92 Å². The molecule has 20 heavy (non-hydrogen) atoms. The summed E-state index contributed by atoms with van der Waals surface area (Å²) in [4.78, 5) is 7.28. The third-order valence-electron chi connectivity index (χ3n) is 3.89. The molecule has 0 atom stereocenters. The van der Waals surface area contributed by atoms with E-state index < -0.39 is 0 Å². The molecule has 3 heteroatoms. The van der Waals surface area contributed by atoms with E-state index in [0.717, 1.165) is 23.6 Å². The van der Waals surface area contributed by atoms with E-state index in [2.05, 4.69) is 38.7 Å². The molecular weight excluding hydrogens is 248 g/mol. The first-order valence-electron chi connectivity index (χ1n) is 7.89. The maximum Gasteiger partial charge on any atom is 0.129 e. The second kappa shape index (κ2) is 6.57. The van der Waals surface area contributed by atoms with E-state index in [1.807, 2.05) is 6.07 Å². The summed E-state index contributed by atoms with van der Waals surface area (Å²) >= 11 is 0. The van der Waals surface area contributed by atoms with E-state index in [1.165, 1.54) is 19.3 Å². The SMILES string of the molecule is CC(C)CCN(c1cc(CO)cc(C(C)C)n1)C1CC1. The van der Waals surface area contributed by atoms with Gasteiger partial charge in [0.05, 0.1) is 6.61 Å². The summed E-state index contributed by atoms with van der Waals surface area (Å²) in [7, 11) is 0. The number of pyridine rings is 1. The predicted octanol–water partition coefficient (Wildman–Crippen LogP) is 3.71. The van der Waals surface area contributed by atoms with Crippen molar-refractivity contribution in [3.8, 4) is 0 Å². The lowest BCUT2D eigenvalue weighted by Crippen LogP contribution is -2.29. The van der Waals surface area contributed by atoms with E-state index >= 15 is 0 Å². The van der Waals surface area contributed by atoms with Gasteiger partial charge in [0, 0.05) is 18.3 Å². The zero-order chi connectivity index (χ0) is 14.7. The highest BCUT2D eigenvalue weighted by Crippen LogP contribution is 2.32. The lowest BCUT2D eigenvalue weighted by atomic mass is 10.1. The Kier molecular flexibility index (Phi) is 5.03. The van der Waals surface area contributed by atoms with Gasteiger partial charge in [0.15, 0.2) is 0 Å². The number of hydrogen-bond donors (Lipinski definition) is 1. The minimum absolute atomic E-state index is 0.0952. The Labute approximate surface area is 123 Å². The molecular formula is C17H28N2O. The van der Waals surface area contributed by atoms with Crippen LogP contribution < -0.4 is 4.90 Å². The summed E-state index contributed by atoms with van der Waals surface area (Å²) in [6.07, 6.45) is 3.75. The van der Waals surface area contributed by atoms with Crippen LogP contribution in [-0.2, 0) is 6.61 Å². The highest BCUT2D eigenvalue weighted by Gasteiger charge is 2.30. The Hall–Kier alpha value is -1.09. The maximum absolute atomic E-state index is 9.48. The molecule has 1 aliphatic rings. The van der Waals surface area contributed by atoms with Gasteiger partial charge >= 0.3 is 0 Å². The fourth-order valence-electron chi connectivity index (χ4n) is 2.40. The third kappa shape index (κ3) is 3.95. The van der Waals surface area contributed by atoms with Crippen LogP contribution in [0.5, 0.6) is 0 Å². The van der Waals surface area contributed by atoms with Gasteiger partial charge in [0.2, 0.25) is 0 Å². The van der Waals surface area contributed by atoms with Gasteiger partial charge < -0.3 is 10.0 Å². The molecule has 0 aliphatic heterocycles. The number of aliphatic hydroxyl groups is 1. The van der Waals surface area contributed by atoms with Crippen molar-refractivity contribution in [2.45, 2.75) is 65.5 Å². The summed E-state index contributed by atoms with van der Waals surface area (Å²) in [6, 6.07) is 4.75. The molecule has 112 valence electrons. The van der Waals surface area contributed by atoms with Gasteiger partial charge in [0.1, 0.15) is 5.82 Å². The smallest absolute Gasteiger partial charge is 0.129 e. The Balaban J connectivity index is 2.24. The summed E-state index contributed by atoms with van der Waals surface area (Å²) in [5.74, 6) is 2.16. The van der Waals surface area contributed by atoms with Crippen LogP contribution in [-0.4, -0.2) is 22.7 Å². The second-order valence-corrected chi connectivity index (χ2v) is 6.68. The third-order valence-corrected chi connectivity index (χ3v) is 3.89. The van der Waals surface area contributed by atoms with E-state index in [4.69, 9.17) is 4.98 Å². The van der Waals surface area contributed by atoms with Gasteiger partial charge in [-0.2, -0.15) is 0 Å². The fourth-order valence-corrected chi connectivity index (χ4v) is 2.40. The largest absolute Gasteiger partial charge is 0.392 e. The molecule has 1 saturated carbocycles. The van der Waals surface area contributed by atoms with Crippen molar-refractivity contribution in [3.63, 3.8) is 0 Å². The minimum atomic E-state index is 0.0952. The quantitative estimate of drug-likeness (QED) is 0.824. The number of hydrogen-bond acceptors (Lipinski definition) is 3. The summed E-state index contributed by atoms with van der Waals surface area (Å²) in [5.41, 5.74) is 2.07. The summed E-state index contributed by atoms with van der Waals surface area (Å²) in [5, 5.41) is 9.48. The molecule has 2 rings (SSSR count). The number of aromatic nitrogens is 1. The van der Waals surface area contributed by atoms with Crippen LogP contribution in [0.3, 0.4) is 0 Å². The van der Waals surface area contributed by atoms with Crippen LogP contribution in [0.15, 0.2) is 12.1 Å². The van der Waals surface area contributed by atoms with Crippen LogP contribution in [0.4, 0.5) is 5.82 Å². The molecule has 1 heterocycles. The predicted molar refractivity (Wildman–Crippen MR) is 84.1 cm³/mol. The van der Waals surface area contributed by atoms with Crippen LogP contribution in [0, 0.1) is 5.92 Å². The number of nitrogens with zero attached hydrogens (tertiary/aromatic N) is 2. The van der Waals surface area contributed by atoms with Gasteiger partial charge in [-0.1, -0.05) is 27.7 Å². The monoisotopic (exact) mass is 276 g/mol. The van der Waals surface area contributed by atoms with Crippen molar-refractivity contribution in [1.82, 2.24) is 4.98 Å². The zero-order valence-electron chi connectivity index (χ0n) is 13.3. The van der Waals surface area contributed by atoms with Crippen LogP contribution in [0.25, 0.3) is 0 Å². The Morgan fingerprint density at radius 2 is 1.95 bits per heavy atom. The lowest BCUT2D eigenvalue weighted by Gasteiger charge is -2.26. The molecule has 0 amide bonds. The van der Waals surface area contributed by atoms with Crippen LogP contribution in [0.2, 0.25) is 0 Å². The molecule has 1 aromatic rings. The van der Waals surface area contributed by atoms with E-state index in [-0.39, 0.29) is 6.61 Å². The molecule has 0 unspecified atom stereocenters. The van der Waals surface area contributed by atoms with Gasteiger partial charge in [0.25, 0.3) is 0 Å². The van der Waals surface area contributed by atoms with Gasteiger partial charge in [-0.15, -0.1) is 0 Å². The highest BCUT2D eigenvalue weighted by molar-refractivity contribution is 5.45. The minimum Gasteiger partial charge on any atom is -0.392 e. The lowest BCUT2D eigenvalue weighted by molar-refractivity contribution is 0.281. The average molecular weight is 276 g/mol. The second-order valence-electron chi connectivity index (χ2n) is 6.68. The molecule has 0 radical (unpaired) electrons. The van der Waals surface area contributed by atoms with Crippen molar-refractivity contribution in [1.29, 1.82) is 0 Å². The fraction of sp³-hybridized carbons (Fsp3) is 0.706. The van der Waals surface area contributed by atoms with Crippen LogP contribution in [0.1, 0.15) is 64.1 Å². The Bertz CT molecular complexity index is 439. The molecule has 0 aromatic carbocycles. The Morgan fingerprint density at radius 3 is 2.45 bits per heavy atom. The van der Waals surface area contributed by atoms with Gasteiger partial charge in [-0.05, 0) is 48.8 Å². The molecule has 0 saturated heterocycles. The first-order chi connectivity index (χ1) is 9.51. The van der Waals surface area contributed by atoms with Crippen molar-refractivity contribution in [3.05, 3.63) is 23.4 Å². The zero-order valence-corrected chi connectivity index (χ0v) is 13.3. The van der Waals surface area contributed by atoms with E-state index in [0.29, 0.717) is 17.9 Å². The summed E-state index contributed by atoms with van der Waals surface area (Å²) < 4.78 is 0. The number of aliphatic hydroxyl groups excluding tert-OH is 1. The molecule has 1 aromatic heterocycles. The van der Waals surface area contributed by atoms with Crippen LogP contribution >= 0.6 is 0 Å². The van der Waals surface area contributed by atoms with E-state index in [9.17, 15) is 5.11 Å². The first-order valence-corrected chi connectivity index (χ1v) is 7.89. The molecule has 3 nitrogen and oxygen atoms in total. The van der Waals surface area contributed by atoms with Crippen molar-refractivity contribution in [2.75, 3.05) is 11.4 Å². The molecule has 0 spiro atoms. The average Bonchev–Trinajstić information content (AvgIpc) is 3.22. The topological polar surface area (TPSA) is 36.4 Å². The maximum atomic E-state index is 9.48. The normalized spacial score (nSPS) is 15.2. The number of rotatable bonds is 7. The highest BCUT2D eigenvalue weighted by atomic mass is 16.3. The van der Waals surface area contributed by atoms with Gasteiger partial charge in [-0.25, -0.2) is 4.98 Å². The summed E-state index contributed by atoms with van der Waals surface area (Å²) in [6.45, 7) is 10.0. The first kappa shape index (κ1) is 15.3. The number of anilines is 1. The van der Waals surface area contributed by atoms with Gasteiger partial charge in [-0.3, -0.25) is 0 Å². The molecule has 1 aliphatic carbocycles. The Morgan fingerprint density at radius 1 is 1.25 bits per heavy atom. The van der Waals surface area contributed by atoms with E-state index in [1.54, 1.807) is 0 Å². The standard InChI is InChI=1S/C17H28N2O/c1-12(2)7-8-19(15-5-6-15)17-10-14(11-20)9-16(18-17)13(3)4/h9-10,12-13,15,20H,5-8,11H2,1-4H3. The molecule has 1 N–H and O–H groups in total. The molecule has 1 fully saturated rings. The molecule has 0 bridgehead atoms.